The van der Waals surface area contributed by atoms with Crippen molar-refractivity contribution in [3.8, 4) is 0 Å². The molecule has 0 amide bonds. The van der Waals surface area contributed by atoms with Crippen molar-refractivity contribution in [3.63, 3.8) is 0 Å². The number of hydrogen-bond acceptors (Lipinski definition) is 3. The highest BCUT2D eigenvalue weighted by Crippen LogP contribution is 2.24. The van der Waals surface area contributed by atoms with Gasteiger partial charge in [0, 0.05) is 24.7 Å². The van der Waals surface area contributed by atoms with E-state index < -0.39 is 0 Å². The molecule has 1 aliphatic rings. The van der Waals surface area contributed by atoms with Crippen LogP contribution in [-0.2, 0) is 6.54 Å². The smallest absolute Gasteiger partial charge is 0.0303 e. The molecule has 0 bridgehead atoms. The van der Waals surface area contributed by atoms with Crippen molar-refractivity contribution in [2.45, 2.75) is 58.2 Å². The largest absolute Gasteiger partial charge is 0.310 e. The van der Waals surface area contributed by atoms with Gasteiger partial charge in [-0.05, 0) is 55.1 Å². The first-order chi connectivity index (χ1) is 8.69. The van der Waals surface area contributed by atoms with Crippen LogP contribution >= 0.6 is 11.3 Å². The summed E-state index contributed by atoms with van der Waals surface area (Å²) in [5, 5.41) is 8.26. The first kappa shape index (κ1) is 14.0. The van der Waals surface area contributed by atoms with Gasteiger partial charge in [-0.2, -0.15) is 11.3 Å². The maximum Gasteiger partial charge on any atom is 0.0303 e. The third kappa shape index (κ3) is 3.14. The summed E-state index contributed by atoms with van der Waals surface area (Å²) in [5.74, 6) is 0. The van der Waals surface area contributed by atoms with Gasteiger partial charge >= 0.3 is 0 Å². The minimum Gasteiger partial charge on any atom is -0.310 e. The van der Waals surface area contributed by atoms with E-state index in [-0.39, 0.29) is 0 Å². The Bertz CT molecular complexity index is 343. The van der Waals surface area contributed by atoms with Gasteiger partial charge in [0.25, 0.3) is 0 Å². The molecular weight excluding hydrogens is 240 g/mol. The molecule has 2 heterocycles. The molecule has 1 aliphatic heterocycles. The highest BCUT2D eigenvalue weighted by atomic mass is 32.1. The van der Waals surface area contributed by atoms with Crippen LogP contribution in [0.5, 0.6) is 0 Å². The molecule has 0 aromatic carbocycles. The van der Waals surface area contributed by atoms with Crippen molar-refractivity contribution in [1.82, 2.24) is 10.2 Å². The molecule has 1 aromatic heterocycles. The first-order valence-corrected chi connectivity index (χ1v) is 8.13. The average Bonchev–Trinajstić information content (AvgIpc) is 2.83. The van der Waals surface area contributed by atoms with Gasteiger partial charge in [-0.1, -0.05) is 13.8 Å². The van der Waals surface area contributed by atoms with Crippen LogP contribution in [0.15, 0.2) is 16.8 Å². The fourth-order valence-corrected chi connectivity index (χ4v) is 3.54. The second-order valence-electron chi connectivity index (χ2n) is 5.59. The zero-order chi connectivity index (χ0) is 13.0. The molecule has 18 heavy (non-hydrogen) atoms. The van der Waals surface area contributed by atoms with Gasteiger partial charge in [-0.25, -0.2) is 0 Å². The third-order valence-corrected chi connectivity index (χ3v) is 5.24. The third-order valence-electron chi connectivity index (χ3n) is 4.51. The molecule has 1 N–H and O–H groups in total. The minimum absolute atomic E-state index is 0.320. The summed E-state index contributed by atoms with van der Waals surface area (Å²) >= 11 is 1.80. The molecule has 1 atom stereocenters. The van der Waals surface area contributed by atoms with E-state index >= 15 is 0 Å². The van der Waals surface area contributed by atoms with Gasteiger partial charge < -0.3 is 5.32 Å². The fraction of sp³-hybridized carbons (Fsp3) is 0.733. The Morgan fingerprint density at radius 1 is 1.44 bits per heavy atom. The Balaban J connectivity index is 2.10. The van der Waals surface area contributed by atoms with Crippen molar-refractivity contribution < 1.29 is 0 Å². The van der Waals surface area contributed by atoms with Crippen LogP contribution in [0, 0.1) is 0 Å². The topological polar surface area (TPSA) is 15.3 Å². The van der Waals surface area contributed by atoms with E-state index in [1.165, 1.54) is 31.4 Å². The van der Waals surface area contributed by atoms with Gasteiger partial charge in [0.2, 0.25) is 0 Å². The molecule has 0 radical (unpaired) electrons. The van der Waals surface area contributed by atoms with E-state index in [9.17, 15) is 0 Å². The van der Waals surface area contributed by atoms with Crippen LogP contribution in [0.2, 0.25) is 0 Å². The van der Waals surface area contributed by atoms with E-state index in [1.807, 2.05) is 0 Å². The molecule has 0 aliphatic carbocycles. The lowest BCUT2D eigenvalue weighted by atomic mass is 9.92. The highest BCUT2D eigenvalue weighted by Gasteiger charge is 2.32. The van der Waals surface area contributed by atoms with Crippen LogP contribution in [-0.4, -0.2) is 29.6 Å². The predicted molar refractivity (Wildman–Crippen MR) is 80.1 cm³/mol. The maximum atomic E-state index is 3.80. The molecule has 1 unspecified atom stereocenters. The van der Waals surface area contributed by atoms with Crippen molar-refractivity contribution >= 4 is 11.3 Å². The summed E-state index contributed by atoms with van der Waals surface area (Å²) < 4.78 is 0. The molecule has 3 heteroatoms. The van der Waals surface area contributed by atoms with Crippen molar-refractivity contribution in [2.75, 3.05) is 13.1 Å². The second kappa shape index (κ2) is 6.18. The summed E-state index contributed by atoms with van der Waals surface area (Å²) in [6.45, 7) is 10.4. The van der Waals surface area contributed by atoms with E-state index in [0.717, 1.165) is 13.1 Å². The number of rotatable bonds is 4. The van der Waals surface area contributed by atoms with Crippen LogP contribution in [0.3, 0.4) is 0 Å². The van der Waals surface area contributed by atoms with Crippen molar-refractivity contribution in [3.05, 3.63) is 22.4 Å². The van der Waals surface area contributed by atoms with Crippen LogP contribution in [0.25, 0.3) is 0 Å². The maximum absolute atomic E-state index is 3.80. The molecule has 102 valence electrons. The minimum atomic E-state index is 0.320. The zero-order valence-corrected chi connectivity index (χ0v) is 12.7. The van der Waals surface area contributed by atoms with Gasteiger partial charge in [0.15, 0.2) is 0 Å². The number of thiophene rings is 1. The zero-order valence-electron chi connectivity index (χ0n) is 11.9. The summed E-state index contributed by atoms with van der Waals surface area (Å²) in [7, 11) is 0. The summed E-state index contributed by atoms with van der Waals surface area (Å²) in [5.41, 5.74) is 1.79. The second-order valence-corrected chi connectivity index (χ2v) is 6.37. The van der Waals surface area contributed by atoms with Crippen molar-refractivity contribution in [1.29, 1.82) is 0 Å². The van der Waals surface area contributed by atoms with E-state index in [0.29, 0.717) is 11.6 Å². The summed E-state index contributed by atoms with van der Waals surface area (Å²) in [6.07, 6.45) is 3.69. The Labute approximate surface area is 115 Å². The van der Waals surface area contributed by atoms with Gasteiger partial charge in [-0.15, -0.1) is 0 Å². The summed E-state index contributed by atoms with van der Waals surface area (Å²) in [6, 6.07) is 2.94. The van der Waals surface area contributed by atoms with E-state index in [2.05, 4.69) is 47.8 Å². The SMILES string of the molecule is CCC1(CC)CN(Cc2ccsc2)C(C)CCN1. The van der Waals surface area contributed by atoms with E-state index in [4.69, 9.17) is 0 Å². The normalized spacial score (nSPS) is 24.9. The molecule has 2 nitrogen and oxygen atoms in total. The molecule has 0 saturated carbocycles. The lowest BCUT2D eigenvalue weighted by Gasteiger charge is -2.37. The Morgan fingerprint density at radius 2 is 2.22 bits per heavy atom. The van der Waals surface area contributed by atoms with Gasteiger partial charge in [-0.3, -0.25) is 4.90 Å². The monoisotopic (exact) mass is 266 g/mol. The predicted octanol–water partition coefficient (Wildman–Crippen LogP) is 3.49. The van der Waals surface area contributed by atoms with E-state index in [1.54, 1.807) is 11.3 Å². The number of hydrogen-bond donors (Lipinski definition) is 1. The van der Waals surface area contributed by atoms with Gasteiger partial charge in [0.1, 0.15) is 0 Å². The number of nitrogens with zero attached hydrogens (tertiary/aromatic N) is 1. The van der Waals surface area contributed by atoms with Crippen LogP contribution < -0.4 is 5.32 Å². The highest BCUT2D eigenvalue weighted by molar-refractivity contribution is 7.07. The fourth-order valence-electron chi connectivity index (χ4n) is 2.88. The first-order valence-electron chi connectivity index (χ1n) is 7.19. The van der Waals surface area contributed by atoms with Crippen LogP contribution in [0.4, 0.5) is 0 Å². The molecular formula is C15H26N2S. The molecule has 1 aromatic rings. The van der Waals surface area contributed by atoms with Crippen molar-refractivity contribution in [2.24, 2.45) is 0 Å². The van der Waals surface area contributed by atoms with Gasteiger partial charge in [0.05, 0.1) is 0 Å². The molecule has 1 saturated heterocycles. The standard InChI is InChI=1S/C15H26N2S/c1-4-15(5-2)12-17(13(3)6-8-16-15)10-14-7-9-18-11-14/h7,9,11,13,16H,4-6,8,10,12H2,1-3H3. The average molecular weight is 266 g/mol. The lowest BCUT2D eigenvalue weighted by Crippen LogP contribution is -2.51. The Kier molecular flexibility index (Phi) is 4.82. The molecule has 1 fully saturated rings. The van der Waals surface area contributed by atoms with Crippen LogP contribution in [0.1, 0.15) is 45.6 Å². The number of nitrogens with one attached hydrogen (secondary N) is 1. The molecule has 2 rings (SSSR count). The quantitative estimate of drug-likeness (QED) is 0.897. The summed E-state index contributed by atoms with van der Waals surface area (Å²) in [4.78, 5) is 2.66. The Hall–Kier alpha value is -0.380. The molecule has 0 spiro atoms. The lowest BCUT2D eigenvalue weighted by molar-refractivity contribution is 0.152. The Morgan fingerprint density at radius 3 is 2.83 bits per heavy atom.